The molecule has 0 aromatic carbocycles. The van der Waals surface area contributed by atoms with Crippen LogP contribution >= 0.6 is 23.5 Å². The predicted octanol–water partition coefficient (Wildman–Crippen LogP) is 3.64. The van der Waals surface area contributed by atoms with Gasteiger partial charge in [-0.15, -0.1) is 0 Å². The van der Waals surface area contributed by atoms with E-state index in [0.29, 0.717) is 0 Å². The number of hydrogen-bond acceptors (Lipinski definition) is 3. The summed E-state index contributed by atoms with van der Waals surface area (Å²) < 4.78 is 0. The molecule has 3 heteroatoms. The zero-order valence-corrected chi connectivity index (χ0v) is 12.6. The zero-order valence-electron chi connectivity index (χ0n) is 11.0. The highest BCUT2D eigenvalue weighted by molar-refractivity contribution is 8.06. The summed E-state index contributed by atoms with van der Waals surface area (Å²) in [6, 6.07) is 0.743. The predicted molar refractivity (Wildman–Crippen MR) is 79.7 cm³/mol. The van der Waals surface area contributed by atoms with Crippen molar-refractivity contribution in [2.24, 2.45) is 5.92 Å². The molecule has 0 spiro atoms. The van der Waals surface area contributed by atoms with Crippen molar-refractivity contribution in [3.63, 3.8) is 0 Å². The van der Waals surface area contributed by atoms with Gasteiger partial charge in [0.1, 0.15) is 0 Å². The first-order valence-corrected chi connectivity index (χ1v) is 8.94. The lowest BCUT2D eigenvalue weighted by Gasteiger charge is -2.32. The average Bonchev–Trinajstić information content (AvgIpc) is 2.35. The third-order valence-corrected chi connectivity index (χ3v) is 6.42. The van der Waals surface area contributed by atoms with Crippen molar-refractivity contribution >= 4 is 23.5 Å². The maximum absolute atomic E-state index is 3.72. The number of nitrogens with one attached hydrogen (secondary N) is 1. The molecule has 0 aromatic heterocycles. The van der Waals surface area contributed by atoms with Crippen LogP contribution in [0.1, 0.15) is 40.0 Å². The maximum Gasteiger partial charge on any atom is 0.0292 e. The third-order valence-electron chi connectivity index (χ3n) is 3.50. The largest absolute Gasteiger partial charge is 0.313 e. The van der Waals surface area contributed by atoms with Crippen LogP contribution in [0.2, 0.25) is 0 Å². The van der Waals surface area contributed by atoms with Crippen LogP contribution in [0.4, 0.5) is 0 Å². The van der Waals surface area contributed by atoms with Crippen LogP contribution in [-0.4, -0.2) is 35.1 Å². The molecule has 1 fully saturated rings. The summed E-state index contributed by atoms with van der Waals surface area (Å²) in [7, 11) is 0. The van der Waals surface area contributed by atoms with Crippen molar-refractivity contribution in [3.8, 4) is 0 Å². The van der Waals surface area contributed by atoms with E-state index in [-0.39, 0.29) is 0 Å². The van der Waals surface area contributed by atoms with Gasteiger partial charge in [-0.25, -0.2) is 0 Å². The van der Waals surface area contributed by atoms with Gasteiger partial charge in [-0.05, 0) is 18.9 Å². The summed E-state index contributed by atoms with van der Waals surface area (Å²) in [6.45, 7) is 8.02. The third kappa shape index (κ3) is 4.89. The van der Waals surface area contributed by atoms with Crippen LogP contribution in [0.15, 0.2) is 0 Å². The highest BCUT2D eigenvalue weighted by Crippen LogP contribution is 2.30. The maximum atomic E-state index is 3.72. The topological polar surface area (TPSA) is 12.0 Å². The highest BCUT2D eigenvalue weighted by Gasteiger charge is 2.25. The molecule has 2 unspecified atom stereocenters. The molecule has 1 nitrogen and oxygen atoms in total. The molecule has 96 valence electrons. The summed E-state index contributed by atoms with van der Waals surface area (Å²) in [6.07, 6.45) is 4.05. The van der Waals surface area contributed by atoms with Crippen molar-refractivity contribution in [2.45, 2.75) is 51.3 Å². The smallest absolute Gasteiger partial charge is 0.0292 e. The first-order valence-electron chi connectivity index (χ1n) is 6.74. The number of thioether (sulfide) groups is 2. The van der Waals surface area contributed by atoms with Gasteiger partial charge in [0, 0.05) is 28.6 Å². The Hall–Kier alpha value is 0.660. The zero-order chi connectivity index (χ0) is 11.8. The summed E-state index contributed by atoms with van der Waals surface area (Å²) in [5.41, 5.74) is 0. The van der Waals surface area contributed by atoms with E-state index in [1.54, 1.807) is 0 Å². The molecule has 0 saturated carbocycles. The molecule has 16 heavy (non-hydrogen) atoms. The second-order valence-corrected chi connectivity index (χ2v) is 7.06. The van der Waals surface area contributed by atoms with Crippen molar-refractivity contribution in [2.75, 3.05) is 23.8 Å². The Morgan fingerprint density at radius 1 is 1.19 bits per heavy atom. The van der Waals surface area contributed by atoms with Gasteiger partial charge >= 0.3 is 0 Å². The van der Waals surface area contributed by atoms with Crippen molar-refractivity contribution in [1.29, 1.82) is 0 Å². The molecular weight excluding hydrogens is 234 g/mol. The fourth-order valence-corrected chi connectivity index (χ4v) is 5.25. The molecule has 1 rings (SSSR count). The molecule has 1 N–H and O–H groups in total. The monoisotopic (exact) mass is 261 g/mol. The van der Waals surface area contributed by atoms with Gasteiger partial charge in [0.2, 0.25) is 0 Å². The van der Waals surface area contributed by atoms with Crippen LogP contribution in [0, 0.1) is 5.92 Å². The van der Waals surface area contributed by atoms with Gasteiger partial charge < -0.3 is 5.32 Å². The van der Waals surface area contributed by atoms with Crippen molar-refractivity contribution < 1.29 is 0 Å². The van der Waals surface area contributed by atoms with Gasteiger partial charge in [0.05, 0.1) is 0 Å². The Bertz CT molecular complexity index is 165. The minimum Gasteiger partial charge on any atom is -0.313 e. The van der Waals surface area contributed by atoms with E-state index in [1.165, 1.54) is 36.5 Å². The second kappa shape index (κ2) is 8.71. The number of rotatable bonds is 7. The lowest BCUT2D eigenvalue weighted by atomic mass is 9.93. The van der Waals surface area contributed by atoms with E-state index < -0.39 is 0 Å². The van der Waals surface area contributed by atoms with E-state index in [1.807, 2.05) is 0 Å². The minimum absolute atomic E-state index is 0.743. The Labute approximate surface area is 110 Å². The summed E-state index contributed by atoms with van der Waals surface area (Å²) >= 11 is 4.33. The lowest BCUT2D eigenvalue weighted by Crippen LogP contribution is -2.42. The Kier molecular flexibility index (Phi) is 8.01. The molecular formula is C13H27NS2. The van der Waals surface area contributed by atoms with Crippen LogP contribution in [-0.2, 0) is 0 Å². The standard InChI is InChI=1S/C13H27NS2/c1-4-11(5-2)9-12(14-6-3)13-10-15-7-8-16-13/h11-14H,4-10H2,1-3H3. The molecule has 0 radical (unpaired) electrons. The van der Waals surface area contributed by atoms with E-state index in [4.69, 9.17) is 0 Å². The second-order valence-electron chi connectivity index (χ2n) is 4.57. The molecule has 1 aliphatic rings. The molecule has 0 aromatic rings. The number of hydrogen-bond donors (Lipinski definition) is 1. The summed E-state index contributed by atoms with van der Waals surface area (Å²) in [4.78, 5) is 0. The fourth-order valence-electron chi connectivity index (χ4n) is 2.35. The van der Waals surface area contributed by atoms with Gasteiger partial charge in [-0.2, -0.15) is 23.5 Å². The first kappa shape index (κ1) is 14.7. The van der Waals surface area contributed by atoms with E-state index in [9.17, 15) is 0 Å². The lowest BCUT2D eigenvalue weighted by molar-refractivity contribution is 0.368. The van der Waals surface area contributed by atoms with Crippen LogP contribution in [0.5, 0.6) is 0 Å². The molecule has 1 aliphatic heterocycles. The van der Waals surface area contributed by atoms with Crippen molar-refractivity contribution in [1.82, 2.24) is 5.32 Å². The van der Waals surface area contributed by atoms with Crippen LogP contribution < -0.4 is 5.32 Å². The molecule has 0 bridgehead atoms. The van der Waals surface area contributed by atoms with Gasteiger partial charge in [-0.3, -0.25) is 0 Å². The molecule has 1 saturated heterocycles. The SMILES string of the molecule is CCNC(CC(CC)CC)C1CSCCS1. The van der Waals surface area contributed by atoms with Gasteiger partial charge in [-0.1, -0.05) is 33.6 Å². The Balaban J connectivity index is 2.44. The average molecular weight is 261 g/mol. The summed E-state index contributed by atoms with van der Waals surface area (Å²) in [5.74, 6) is 4.96. The molecule has 1 heterocycles. The van der Waals surface area contributed by atoms with Crippen LogP contribution in [0.3, 0.4) is 0 Å². The highest BCUT2D eigenvalue weighted by atomic mass is 32.2. The molecule has 0 amide bonds. The van der Waals surface area contributed by atoms with E-state index in [0.717, 1.165) is 23.8 Å². The van der Waals surface area contributed by atoms with Gasteiger partial charge in [0.25, 0.3) is 0 Å². The molecule has 2 atom stereocenters. The minimum atomic E-state index is 0.743. The molecule has 0 aliphatic carbocycles. The van der Waals surface area contributed by atoms with E-state index in [2.05, 4.69) is 49.6 Å². The summed E-state index contributed by atoms with van der Waals surface area (Å²) in [5, 5.41) is 4.56. The van der Waals surface area contributed by atoms with Crippen molar-refractivity contribution in [3.05, 3.63) is 0 Å². The Morgan fingerprint density at radius 2 is 1.94 bits per heavy atom. The quantitative estimate of drug-likeness (QED) is 0.751. The first-order chi connectivity index (χ1) is 7.81. The Morgan fingerprint density at radius 3 is 2.44 bits per heavy atom. The normalized spacial score (nSPS) is 23.6. The van der Waals surface area contributed by atoms with E-state index >= 15 is 0 Å². The fraction of sp³-hybridized carbons (Fsp3) is 1.00. The van der Waals surface area contributed by atoms with Gasteiger partial charge in [0.15, 0.2) is 0 Å². The van der Waals surface area contributed by atoms with Crippen LogP contribution in [0.25, 0.3) is 0 Å².